The average molecular weight is 146 g/mol. The highest BCUT2D eigenvalue weighted by Crippen LogP contribution is 2.48. The summed E-state index contributed by atoms with van der Waals surface area (Å²) in [6.07, 6.45) is 1.000. The minimum absolute atomic E-state index is 0.0139. The number of hydrogen-bond donors (Lipinski definition) is 1. The van der Waals surface area contributed by atoms with Gasteiger partial charge in [-0.2, -0.15) is 0 Å². The smallest absolute Gasteiger partial charge is 0.259 e. The van der Waals surface area contributed by atoms with Gasteiger partial charge in [0.15, 0.2) is 0 Å². The maximum atomic E-state index is 12.2. The second-order valence-electron chi connectivity index (χ2n) is 2.25. The molecule has 10 heavy (non-hydrogen) atoms. The summed E-state index contributed by atoms with van der Waals surface area (Å²) in [5.41, 5.74) is 5.16. The number of nitrogens with two attached hydrogens (primary N) is 1. The van der Waals surface area contributed by atoms with E-state index in [0.29, 0.717) is 0 Å². The highest BCUT2D eigenvalue weighted by atomic mass is 19.3. The van der Waals surface area contributed by atoms with Crippen molar-refractivity contribution < 1.29 is 8.78 Å². The Bertz CT molecular complexity index is 186. The van der Waals surface area contributed by atoms with Crippen LogP contribution in [0.4, 0.5) is 8.78 Å². The van der Waals surface area contributed by atoms with Crippen LogP contribution in [0.15, 0.2) is 17.8 Å². The molecule has 1 rings (SSSR count). The molecular formula is C6H8F2N2. The SMILES string of the molecule is C=CN=C(N)C1CC1(F)F. The number of halogens is 2. The van der Waals surface area contributed by atoms with Gasteiger partial charge in [-0.15, -0.1) is 0 Å². The Kier molecular flexibility index (Phi) is 1.46. The van der Waals surface area contributed by atoms with Gasteiger partial charge in [-0.3, -0.25) is 0 Å². The highest BCUT2D eigenvalue weighted by molar-refractivity contribution is 5.87. The van der Waals surface area contributed by atoms with E-state index in [1.165, 1.54) is 6.20 Å². The van der Waals surface area contributed by atoms with Gasteiger partial charge in [-0.05, 0) is 0 Å². The minimum atomic E-state index is -2.61. The van der Waals surface area contributed by atoms with Crippen LogP contribution >= 0.6 is 0 Å². The molecule has 0 amide bonds. The fourth-order valence-corrected chi connectivity index (χ4v) is 0.730. The van der Waals surface area contributed by atoms with E-state index < -0.39 is 11.8 Å². The number of nitrogens with zero attached hydrogens (tertiary/aromatic N) is 1. The molecule has 1 saturated carbocycles. The van der Waals surface area contributed by atoms with E-state index in [2.05, 4.69) is 11.6 Å². The molecule has 56 valence electrons. The lowest BCUT2D eigenvalue weighted by atomic mass is 10.4. The van der Waals surface area contributed by atoms with Crippen LogP contribution in [0.5, 0.6) is 0 Å². The molecule has 0 aromatic heterocycles. The van der Waals surface area contributed by atoms with Crippen LogP contribution in [0.3, 0.4) is 0 Å². The van der Waals surface area contributed by atoms with Crippen LogP contribution in [0.2, 0.25) is 0 Å². The molecule has 1 aliphatic carbocycles. The monoisotopic (exact) mass is 146 g/mol. The summed E-state index contributed by atoms with van der Waals surface area (Å²) >= 11 is 0. The van der Waals surface area contributed by atoms with Gasteiger partial charge in [0.2, 0.25) is 0 Å². The van der Waals surface area contributed by atoms with Crippen LogP contribution in [0, 0.1) is 5.92 Å². The summed E-state index contributed by atoms with van der Waals surface area (Å²) in [7, 11) is 0. The Morgan fingerprint density at radius 1 is 1.80 bits per heavy atom. The third kappa shape index (κ3) is 1.15. The Hall–Kier alpha value is -0.930. The van der Waals surface area contributed by atoms with Gasteiger partial charge in [-0.1, -0.05) is 6.58 Å². The molecule has 0 heterocycles. The first-order chi connectivity index (χ1) is 4.58. The molecule has 0 spiro atoms. The molecule has 4 heteroatoms. The van der Waals surface area contributed by atoms with Gasteiger partial charge in [0, 0.05) is 12.6 Å². The van der Waals surface area contributed by atoms with Crippen molar-refractivity contribution in [1.29, 1.82) is 0 Å². The second-order valence-corrected chi connectivity index (χ2v) is 2.25. The lowest BCUT2D eigenvalue weighted by Gasteiger charge is -1.94. The van der Waals surface area contributed by atoms with Crippen molar-refractivity contribution in [2.75, 3.05) is 0 Å². The van der Waals surface area contributed by atoms with Crippen LogP contribution in [-0.2, 0) is 0 Å². The van der Waals surface area contributed by atoms with Gasteiger partial charge >= 0.3 is 0 Å². The van der Waals surface area contributed by atoms with E-state index in [9.17, 15) is 8.78 Å². The normalized spacial score (nSPS) is 29.8. The van der Waals surface area contributed by atoms with E-state index in [1.807, 2.05) is 0 Å². The molecule has 0 aromatic carbocycles. The van der Waals surface area contributed by atoms with E-state index in [-0.39, 0.29) is 12.3 Å². The minimum Gasteiger partial charge on any atom is -0.387 e. The standard InChI is InChI=1S/C6H8F2N2/c1-2-10-5(9)4-3-6(4,7)8/h2,4H,1,3H2,(H2,9,10). The zero-order chi connectivity index (χ0) is 7.78. The number of aliphatic imine (C=N–C) groups is 1. The van der Waals surface area contributed by atoms with Crippen LogP contribution in [0.25, 0.3) is 0 Å². The first kappa shape index (κ1) is 7.18. The number of hydrogen-bond acceptors (Lipinski definition) is 1. The van der Waals surface area contributed by atoms with Crippen molar-refractivity contribution >= 4 is 5.84 Å². The summed E-state index contributed by atoms with van der Waals surface area (Å²) in [5, 5.41) is 0. The molecule has 1 aliphatic rings. The summed E-state index contributed by atoms with van der Waals surface area (Å²) in [4.78, 5) is 3.46. The fourth-order valence-electron chi connectivity index (χ4n) is 0.730. The fraction of sp³-hybridized carbons (Fsp3) is 0.500. The van der Waals surface area contributed by atoms with Crippen molar-refractivity contribution in [3.8, 4) is 0 Å². The summed E-state index contributed by atoms with van der Waals surface area (Å²) < 4.78 is 24.4. The molecule has 2 nitrogen and oxygen atoms in total. The zero-order valence-corrected chi connectivity index (χ0v) is 5.35. The largest absolute Gasteiger partial charge is 0.387 e. The van der Waals surface area contributed by atoms with Crippen molar-refractivity contribution in [3.63, 3.8) is 0 Å². The predicted molar refractivity (Wildman–Crippen MR) is 34.9 cm³/mol. The first-order valence-corrected chi connectivity index (χ1v) is 2.90. The van der Waals surface area contributed by atoms with E-state index in [1.54, 1.807) is 0 Å². The van der Waals surface area contributed by atoms with Crippen LogP contribution in [-0.4, -0.2) is 11.8 Å². The maximum absolute atomic E-state index is 12.2. The molecule has 0 saturated heterocycles. The van der Waals surface area contributed by atoms with Gasteiger partial charge in [0.25, 0.3) is 5.92 Å². The molecular weight excluding hydrogens is 138 g/mol. The lowest BCUT2D eigenvalue weighted by Crippen LogP contribution is -2.17. The van der Waals surface area contributed by atoms with E-state index in [0.717, 1.165) is 0 Å². The van der Waals surface area contributed by atoms with Gasteiger partial charge < -0.3 is 5.73 Å². The molecule has 1 atom stereocenters. The number of amidine groups is 1. The van der Waals surface area contributed by atoms with Crippen LogP contribution < -0.4 is 5.73 Å². The lowest BCUT2D eigenvalue weighted by molar-refractivity contribution is 0.110. The average Bonchev–Trinajstić information content (AvgIpc) is 2.41. The Balaban J connectivity index is 2.55. The van der Waals surface area contributed by atoms with Crippen molar-refractivity contribution in [1.82, 2.24) is 0 Å². The molecule has 0 aromatic rings. The van der Waals surface area contributed by atoms with Gasteiger partial charge in [0.1, 0.15) is 5.84 Å². The van der Waals surface area contributed by atoms with Crippen molar-refractivity contribution in [2.24, 2.45) is 16.6 Å². The highest BCUT2D eigenvalue weighted by Gasteiger charge is 2.59. The molecule has 1 unspecified atom stereocenters. The molecule has 0 bridgehead atoms. The van der Waals surface area contributed by atoms with Crippen LogP contribution in [0.1, 0.15) is 6.42 Å². The summed E-state index contributed by atoms with van der Waals surface area (Å²) in [6.45, 7) is 3.25. The maximum Gasteiger partial charge on any atom is 0.259 e. The Morgan fingerprint density at radius 2 is 2.30 bits per heavy atom. The zero-order valence-electron chi connectivity index (χ0n) is 5.35. The van der Waals surface area contributed by atoms with E-state index in [4.69, 9.17) is 5.73 Å². The number of rotatable bonds is 2. The first-order valence-electron chi connectivity index (χ1n) is 2.90. The predicted octanol–water partition coefficient (Wildman–Crippen LogP) is 1.14. The van der Waals surface area contributed by atoms with Gasteiger partial charge in [-0.25, -0.2) is 13.8 Å². The molecule has 0 aliphatic heterocycles. The molecule has 0 radical (unpaired) electrons. The van der Waals surface area contributed by atoms with Gasteiger partial charge in [0.05, 0.1) is 5.92 Å². The topological polar surface area (TPSA) is 38.4 Å². The Labute approximate surface area is 57.4 Å². The third-order valence-corrected chi connectivity index (χ3v) is 1.42. The summed E-state index contributed by atoms with van der Waals surface area (Å²) in [6, 6.07) is 0. The van der Waals surface area contributed by atoms with E-state index >= 15 is 0 Å². The quantitative estimate of drug-likeness (QED) is 0.460. The second kappa shape index (κ2) is 2.04. The number of alkyl halides is 2. The third-order valence-electron chi connectivity index (χ3n) is 1.42. The molecule has 2 N–H and O–H groups in total. The van der Waals surface area contributed by atoms with Crippen molar-refractivity contribution in [3.05, 3.63) is 12.8 Å². The molecule has 1 fully saturated rings. The summed E-state index contributed by atoms with van der Waals surface area (Å²) in [5.74, 6) is -3.47. The Morgan fingerprint density at radius 3 is 2.60 bits per heavy atom. The van der Waals surface area contributed by atoms with Crippen molar-refractivity contribution in [2.45, 2.75) is 12.3 Å².